The number of para-hydroxylation sites is 2. The summed E-state index contributed by atoms with van der Waals surface area (Å²) in [5.41, 5.74) is 5.40. The summed E-state index contributed by atoms with van der Waals surface area (Å²) in [5, 5.41) is 4.09. The van der Waals surface area contributed by atoms with Crippen molar-refractivity contribution in [3.8, 4) is 16.8 Å². The smallest absolute Gasteiger partial charge is 0.197 e. The summed E-state index contributed by atoms with van der Waals surface area (Å²) in [6.07, 6.45) is 0. The molecule has 7 aromatic rings. The molecule has 2 aromatic heterocycles. The molecule has 0 aliphatic heterocycles. The molecule has 0 atom stereocenters. The van der Waals surface area contributed by atoms with E-state index < -0.39 is 0 Å². The normalized spacial score (nSPS) is 11.6. The minimum Gasteiger partial charge on any atom is -0.309 e. The van der Waals surface area contributed by atoms with E-state index in [4.69, 9.17) is 0 Å². The molecule has 2 heterocycles. The van der Waals surface area contributed by atoms with Crippen LogP contribution >= 0.6 is 11.3 Å². The van der Waals surface area contributed by atoms with Crippen LogP contribution in [-0.2, 0) is 0 Å². The van der Waals surface area contributed by atoms with Crippen LogP contribution in [0, 0.1) is 0 Å². The minimum absolute atomic E-state index is 0.0792. The third-order valence-electron chi connectivity index (χ3n) is 6.62. The van der Waals surface area contributed by atoms with E-state index in [0.29, 0.717) is 0 Å². The zero-order valence-corrected chi connectivity index (χ0v) is 19.0. The molecule has 0 bridgehead atoms. The summed E-state index contributed by atoms with van der Waals surface area (Å²) < 4.78 is 4.82. The van der Waals surface area contributed by atoms with E-state index in [-0.39, 0.29) is 5.43 Å². The highest BCUT2D eigenvalue weighted by Gasteiger charge is 2.13. The lowest BCUT2D eigenvalue weighted by atomic mass is 10.0. The Morgan fingerprint density at radius 1 is 0.529 bits per heavy atom. The molecule has 0 saturated carbocycles. The predicted molar refractivity (Wildman–Crippen MR) is 145 cm³/mol. The van der Waals surface area contributed by atoms with E-state index >= 15 is 0 Å². The fourth-order valence-electron chi connectivity index (χ4n) is 5.04. The van der Waals surface area contributed by atoms with Gasteiger partial charge in [-0.1, -0.05) is 72.8 Å². The van der Waals surface area contributed by atoms with Crippen molar-refractivity contribution in [2.45, 2.75) is 0 Å². The fourth-order valence-corrected chi connectivity index (χ4v) is 6.28. The van der Waals surface area contributed by atoms with Gasteiger partial charge in [-0.05, 0) is 53.6 Å². The van der Waals surface area contributed by atoms with Crippen molar-refractivity contribution in [3.63, 3.8) is 0 Å². The van der Waals surface area contributed by atoms with Gasteiger partial charge in [-0.25, -0.2) is 0 Å². The van der Waals surface area contributed by atoms with Crippen LogP contribution in [0.2, 0.25) is 0 Å². The second-order valence-electron chi connectivity index (χ2n) is 8.53. The number of hydrogen-bond acceptors (Lipinski definition) is 2. The Hall–Kier alpha value is -4.21. The monoisotopic (exact) mass is 453 g/mol. The van der Waals surface area contributed by atoms with Crippen molar-refractivity contribution in [2.75, 3.05) is 0 Å². The Labute approximate surface area is 200 Å². The second-order valence-corrected chi connectivity index (χ2v) is 9.58. The fraction of sp³-hybridized carbons (Fsp3) is 0. The summed E-state index contributed by atoms with van der Waals surface area (Å²) >= 11 is 1.85. The molecule has 7 rings (SSSR count). The molecule has 0 aliphatic rings. The Balaban J connectivity index is 1.45. The first-order valence-electron chi connectivity index (χ1n) is 11.3. The highest BCUT2D eigenvalue weighted by molar-refractivity contribution is 7.26. The summed E-state index contributed by atoms with van der Waals surface area (Å²) in [4.78, 5) is 13.1. The first kappa shape index (κ1) is 19.3. The van der Waals surface area contributed by atoms with Crippen LogP contribution in [0.15, 0.2) is 120 Å². The second kappa shape index (κ2) is 7.41. The van der Waals surface area contributed by atoms with Crippen LogP contribution in [0.3, 0.4) is 0 Å². The van der Waals surface area contributed by atoms with E-state index in [9.17, 15) is 4.79 Å². The number of pyridine rings is 1. The number of thiophene rings is 1. The molecule has 2 nitrogen and oxygen atoms in total. The van der Waals surface area contributed by atoms with Crippen molar-refractivity contribution in [1.82, 2.24) is 4.57 Å². The van der Waals surface area contributed by atoms with Crippen molar-refractivity contribution in [3.05, 3.63) is 125 Å². The van der Waals surface area contributed by atoms with Gasteiger partial charge in [-0.3, -0.25) is 4.79 Å². The molecule has 0 unspecified atom stereocenters. The van der Waals surface area contributed by atoms with Gasteiger partial charge in [-0.2, -0.15) is 0 Å². The highest BCUT2D eigenvalue weighted by Crippen LogP contribution is 2.40. The van der Waals surface area contributed by atoms with Crippen molar-refractivity contribution in [2.24, 2.45) is 0 Å². The van der Waals surface area contributed by atoms with Gasteiger partial charge in [0.25, 0.3) is 0 Å². The van der Waals surface area contributed by atoms with E-state index in [2.05, 4.69) is 71.3 Å². The number of aromatic nitrogens is 1. The third-order valence-corrected chi connectivity index (χ3v) is 7.84. The number of fused-ring (bicyclic) bond motifs is 5. The third kappa shape index (κ3) is 2.77. The van der Waals surface area contributed by atoms with Crippen LogP contribution in [0.25, 0.3) is 58.8 Å². The van der Waals surface area contributed by atoms with Gasteiger partial charge in [0.2, 0.25) is 0 Å². The Morgan fingerprint density at radius 2 is 1.12 bits per heavy atom. The SMILES string of the molecule is O=c1c2ccccc2n(-c2ccc(-c3cccc4c3sc3ccccc34)cc2)c2ccccc12. The van der Waals surface area contributed by atoms with E-state index in [1.165, 1.54) is 31.3 Å². The molecular formula is C31H19NOS. The molecule has 3 heteroatoms. The van der Waals surface area contributed by atoms with E-state index in [1.807, 2.05) is 59.9 Å². The summed E-state index contributed by atoms with van der Waals surface area (Å²) in [7, 11) is 0. The van der Waals surface area contributed by atoms with Gasteiger partial charge in [0, 0.05) is 36.6 Å². The molecule has 34 heavy (non-hydrogen) atoms. The van der Waals surface area contributed by atoms with E-state index in [1.54, 1.807) is 0 Å². The standard InChI is InChI=1S/C31H19NOS/c33-30-25-9-1-4-13-27(25)32(28-14-5-2-10-26(28)30)21-18-16-20(17-19-21)22-11-7-12-24-23-8-3-6-15-29(23)34-31(22)24/h1-19H. The first-order chi connectivity index (χ1) is 16.8. The molecule has 0 aliphatic carbocycles. The maximum absolute atomic E-state index is 13.1. The Bertz CT molecular complexity index is 1870. The van der Waals surface area contributed by atoms with Gasteiger partial charge >= 0.3 is 0 Å². The molecule has 160 valence electrons. The quantitative estimate of drug-likeness (QED) is 0.242. The zero-order chi connectivity index (χ0) is 22.6. The number of hydrogen-bond donors (Lipinski definition) is 0. The van der Waals surface area contributed by atoms with Crippen molar-refractivity contribution >= 4 is 53.3 Å². The van der Waals surface area contributed by atoms with Crippen LogP contribution in [0.4, 0.5) is 0 Å². The van der Waals surface area contributed by atoms with Gasteiger partial charge in [-0.15, -0.1) is 11.3 Å². The topological polar surface area (TPSA) is 22.0 Å². The molecular weight excluding hydrogens is 434 g/mol. The largest absolute Gasteiger partial charge is 0.309 e. The average molecular weight is 454 g/mol. The van der Waals surface area contributed by atoms with Crippen LogP contribution in [-0.4, -0.2) is 4.57 Å². The molecule has 0 radical (unpaired) electrons. The maximum atomic E-state index is 13.1. The minimum atomic E-state index is 0.0792. The molecule has 0 amide bonds. The van der Waals surface area contributed by atoms with Crippen LogP contribution < -0.4 is 5.43 Å². The van der Waals surface area contributed by atoms with Gasteiger partial charge in [0.05, 0.1) is 11.0 Å². The maximum Gasteiger partial charge on any atom is 0.197 e. The van der Waals surface area contributed by atoms with Crippen LogP contribution in [0.1, 0.15) is 0 Å². The molecule has 0 spiro atoms. The van der Waals surface area contributed by atoms with Crippen molar-refractivity contribution in [1.29, 1.82) is 0 Å². The molecule has 0 N–H and O–H groups in total. The van der Waals surface area contributed by atoms with Gasteiger partial charge in [0.15, 0.2) is 5.43 Å². The number of nitrogens with zero attached hydrogens (tertiary/aromatic N) is 1. The first-order valence-corrected chi connectivity index (χ1v) is 12.1. The zero-order valence-electron chi connectivity index (χ0n) is 18.2. The van der Waals surface area contributed by atoms with Crippen LogP contribution in [0.5, 0.6) is 0 Å². The van der Waals surface area contributed by atoms with Gasteiger partial charge in [0.1, 0.15) is 0 Å². The lowest BCUT2D eigenvalue weighted by Gasteiger charge is -2.16. The average Bonchev–Trinajstić information content (AvgIpc) is 3.28. The van der Waals surface area contributed by atoms with Gasteiger partial charge < -0.3 is 4.57 Å². The highest BCUT2D eigenvalue weighted by atomic mass is 32.1. The van der Waals surface area contributed by atoms with Crippen molar-refractivity contribution < 1.29 is 0 Å². The summed E-state index contributed by atoms with van der Waals surface area (Å²) in [6, 6.07) is 39.6. The lowest BCUT2D eigenvalue weighted by molar-refractivity contribution is 1.16. The number of rotatable bonds is 2. The lowest BCUT2D eigenvalue weighted by Crippen LogP contribution is -2.10. The molecule has 0 fully saturated rings. The molecule has 5 aromatic carbocycles. The summed E-state index contributed by atoms with van der Waals surface area (Å²) in [6.45, 7) is 0. The van der Waals surface area contributed by atoms with E-state index in [0.717, 1.165) is 27.5 Å². The Kier molecular flexibility index (Phi) is 4.20. The number of benzene rings is 5. The summed E-state index contributed by atoms with van der Waals surface area (Å²) in [5.74, 6) is 0. The Morgan fingerprint density at radius 3 is 1.82 bits per heavy atom. The predicted octanol–water partition coefficient (Wildman–Crippen LogP) is 8.18. The molecule has 0 saturated heterocycles.